The fraction of sp³-hybridized carbons (Fsp3) is 0.556. The van der Waals surface area contributed by atoms with Gasteiger partial charge in [0.15, 0.2) is 0 Å². The van der Waals surface area contributed by atoms with Crippen molar-refractivity contribution in [2.24, 2.45) is 5.73 Å². The Morgan fingerprint density at radius 3 is 2.42 bits per heavy atom. The summed E-state index contributed by atoms with van der Waals surface area (Å²) in [5.74, 6) is 0.835. The lowest BCUT2D eigenvalue weighted by Gasteiger charge is -2.03. The topological polar surface area (TPSA) is 51.8 Å². The number of nitrogens with zero attached hydrogens (tertiary/aromatic N) is 2. The average Bonchev–Trinajstić information content (AvgIpc) is 2.05. The van der Waals surface area contributed by atoms with Crippen LogP contribution in [0.4, 0.5) is 0 Å². The van der Waals surface area contributed by atoms with Crippen LogP contribution in [0.1, 0.15) is 25.2 Å². The smallest absolute Gasteiger partial charge is 0.129 e. The molecule has 66 valence electrons. The third-order valence-corrected chi connectivity index (χ3v) is 1.67. The Kier molecular flexibility index (Phi) is 3.17. The van der Waals surface area contributed by atoms with Gasteiger partial charge < -0.3 is 5.73 Å². The van der Waals surface area contributed by atoms with Crippen LogP contribution in [0.5, 0.6) is 0 Å². The van der Waals surface area contributed by atoms with E-state index in [0.29, 0.717) is 0 Å². The van der Waals surface area contributed by atoms with Crippen LogP contribution >= 0.6 is 0 Å². The van der Waals surface area contributed by atoms with Gasteiger partial charge in [-0.05, 0) is 18.9 Å². The number of aryl methyl sites for hydroxylation is 1. The van der Waals surface area contributed by atoms with Gasteiger partial charge in [0.05, 0.1) is 0 Å². The van der Waals surface area contributed by atoms with Crippen molar-refractivity contribution in [1.82, 2.24) is 9.97 Å². The maximum absolute atomic E-state index is 5.61. The van der Waals surface area contributed by atoms with Gasteiger partial charge in [0.2, 0.25) is 0 Å². The third kappa shape index (κ3) is 2.58. The molecule has 0 aromatic carbocycles. The van der Waals surface area contributed by atoms with E-state index >= 15 is 0 Å². The van der Waals surface area contributed by atoms with Crippen molar-refractivity contribution in [3.8, 4) is 0 Å². The van der Waals surface area contributed by atoms with Crippen LogP contribution in [-0.4, -0.2) is 16.0 Å². The maximum atomic E-state index is 5.61. The SMILES string of the molecule is CCc1cnc(CC(C)N)nc1. The molecular weight excluding hydrogens is 150 g/mol. The summed E-state index contributed by atoms with van der Waals surface area (Å²) in [6.45, 7) is 4.04. The van der Waals surface area contributed by atoms with Crippen LogP contribution in [0.3, 0.4) is 0 Å². The maximum Gasteiger partial charge on any atom is 0.129 e. The van der Waals surface area contributed by atoms with E-state index in [4.69, 9.17) is 5.73 Å². The molecule has 1 atom stereocenters. The zero-order valence-corrected chi connectivity index (χ0v) is 7.62. The molecule has 0 aliphatic heterocycles. The predicted octanol–water partition coefficient (Wildman–Crippen LogP) is 0.929. The predicted molar refractivity (Wildman–Crippen MR) is 48.8 cm³/mol. The second kappa shape index (κ2) is 4.16. The van der Waals surface area contributed by atoms with E-state index in [1.54, 1.807) is 0 Å². The van der Waals surface area contributed by atoms with E-state index < -0.39 is 0 Å². The Morgan fingerprint density at radius 1 is 1.42 bits per heavy atom. The van der Waals surface area contributed by atoms with E-state index in [1.165, 1.54) is 5.56 Å². The molecule has 12 heavy (non-hydrogen) atoms. The summed E-state index contributed by atoms with van der Waals surface area (Å²) in [5, 5.41) is 0. The highest BCUT2D eigenvalue weighted by atomic mass is 14.9. The van der Waals surface area contributed by atoms with Gasteiger partial charge in [-0.15, -0.1) is 0 Å². The highest BCUT2D eigenvalue weighted by Gasteiger charge is 1.99. The molecule has 1 aromatic heterocycles. The molecule has 0 aliphatic carbocycles. The minimum absolute atomic E-state index is 0.137. The Balaban J connectivity index is 2.65. The molecule has 3 heteroatoms. The van der Waals surface area contributed by atoms with Crippen LogP contribution in [-0.2, 0) is 12.8 Å². The number of hydrogen-bond acceptors (Lipinski definition) is 3. The third-order valence-electron chi connectivity index (χ3n) is 1.67. The van der Waals surface area contributed by atoms with Gasteiger partial charge in [-0.1, -0.05) is 6.92 Å². The second-order valence-corrected chi connectivity index (χ2v) is 3.04. The highest BCUT2D eigenvalue weighted by molar-refractivity contribution is 5.05. The molecule has 0 radical (unpaired) electrons. The molecule has 0 fully saturated rings. The second-order valence-electron chi connectivity index (χ2n) is 3.04. The quantitative estimate of drug-likeness (QED) is 0.724. The first-order valence-electron chi connectivity index (χ1n) is 4.27. The normalized spacial score (nSPS) is 12.9. The molecule has 0 saturated carbocycles. The van der Waals surface area contributed by atoms with Gasteiger partial charge >= 0.3 is 0 Å². The largest absolute Gasteiger partial charge is 0.328 e. The molecular formula is C9H15N3. The van der Waals surface area contributed by atoms with Crippen molar-refractivity contribution in [1.29, 1.82) is 0 Å². The van der Waals surface area contributed by atoms with E-state index in [-0.39, 0.29) is 6.04 Å². The molecule has 3 nitrogen and oxygen atoms in total. The summed E-state index contributed by atoms with van der Waals surface area (Å²) in [4.78, 5) is 8.40. The van der Waals surface area contributed by atoms with Crippen molar-refractivity contribution in [3.63, 3.8) is 0 Å². The Morgan fingerprint density at radius 2 is 2.00 bits per heavy atom. The Bertz CT molecular complexity index is 228. The van der Waals surface area contributed by atoms with Crippen LogP contribution in [0.15, 0.2) is 12.4 Å². The van der Waals surface area contributed by atoms with E-state index in [2.05, 4.69) is 16.9 Å². The Hall–Kier alpha value is -0.960. The van der Waals surface area contributed by atoms with Crippen molar-refractivity contribution < 1.29 is 0 Å². The molecule has 1 unspecified atom stereocenters. The average molecular weight is 165 g/mol. The molecule has 0 spiro atoms. The van der Waals surface area contributed by atoms with Crippen LogP contribution < -0.4 is 5.73 Å². The zero-order chi connectivity index (χ0) is 8.97. The van der Waals surface area contributed by atoms with E-state index in [1.807, 2.05) is 19.3 Å². The minimum atomic E-state index is 0.137. The minimum Gasteiger partial charge on any atom is -0.328 e. The van der Waals surface area contributed by atoms with Crippen molar-refractivity contribution in [2.45, 2.75) is 32.7 Å². The van der Waals surface area contributed by atoms with Gasteiger partial charge in [0.1, 0.15) is 5.82 Å². The summed E-state index contributed by atoms with van der Waals surface area (Å²) in [6, 6.07) is 0.137. The summed E-state index contributed by atoms with van der Waals surface area (Å²) in [7, 11) is 0. The fourth-order valence-electron chi connectivity index (χ4n) is 0.957. The molecule has 0 amide bonds. The number of nitrogens with two attached hydrogens (primary N) is 1. The molecule has 2 N–H and O–H groups in total. The first-order valence-corrected chi connectivity index (χ1v) is 4.27. The van der Waals surface area contributed by atoms with Crippen molar-refractivity contribution in [2.75, 3.05) is 0 Å². The zero-order valence-electron chi connectivity index (χ0n) is 7.62. The van der Waals surface area contributed by atoms with Gasteiger partial charge in [0, 0.05) is 24.9 Å². The molecule has 0 aliphatic rings. The van der Waals surface area contributed by atoms with E-state index in [9.17, 15) is 0 Å². The lowest BCUT2D eigenvalue weighted by molar-refractivity contribution is 0.699. The molecule has 0 saturated heterocycles. The standard InChI is InChI=1S/C9H15N3/c1-3-8-5-11-9(12-6-8)4-7(2)10/h5-7H,3-4,10H2,1-2H3. The number of hydrogen-bond donors (Lipinski definition) is 1. The molecule has 0 bridgehead atoms. The van der Waals surface area contributed by atoms with Gasteiger partial charge in [-0.3, -0.25) is 0 Å². The monoisotopic (exact) mass is 165 g/mol. The lowest BCUT2D eigenvalue weighted by atomic mass is 10.2. The lowest BCUT2D eigenvalue weighted by Crippen LogP contribution is -2.19. The fourth-order valence-corrected chi connectivity index (χ4v) is 0.957. The molecule has 1 aromatic rings. The first kappa shape index (κ1) is 9.13. The van der Waals surface area contributed by atoms with Crippen LogP contribution in [0.25, 0.3) is 0 Å². The van der Waals surface area contributed by atoms with Gasteiger partial charge in [-0.25, -0.2) is 9.97 Å². The summed E-state index contributed by atoms with van der Waals surface area (Å²) in [6.07, 6.45) is 5.47. The molecule has 1 rings (SSSR count). The van der Waals surface area contributed by atoms with Crippen LogP contribution in [0, 0.1) is 0 Å². The van der Waals surface area contributed by atoms with E-state index in [0.717, 1.165) is 18.7 Å². The number of rotatable bonds is 3. The molecule has 1 heterocycles. The van der Waals surface area contributed by atoms with Gasteiger partial charge in [0.25, 0.3) is 0 Å². The van der Waals surface area contributed by atoms with Crippen molar-refractivity contribution in [3.05, 3.63) is 23.8 Å². The summed E-state index contributed by atoms with van der Waals surface area (Å²) < 4.78 is 0. The van der Waals surface area contributed by atoms with Gasteiger partial charge in [-0.2, -0.15) is 0 Å². The van der Waals surface area contributed by atoms with Crippen LogP contribution in [0.2, 0.25) is 0 Å². The summed E-state index contributed by atoms with van der Waals surface area (Å²) in [5.41, 5.74) is 6.78. The summed E-state index contributed by atoms with van der Waals surface area (Å²) >= 11 is 0. The number of aromatic nitrogens is 2. The van der Waals surface area contributed by atoms with Crippen molar-refractivity contribution >= 4 is 0 Å². The Labute approximate surface area is 73.0 Å². The first-order chi connectivity index (χ1) is 5.72. The highest BCUT2D eigenvalue weighted by Crippen LogP contribution is 1.98.